The molecule has 3 rings (SSSR count). The van der Waals surface area contributed by atoms with Crippen LogP contribution in [0, 0.1) is 0 Å². The molecule has 1 aromatic carbocycles. The first-order chi connectivity index (χ1) is 10.1. The number of nitrogens with one attached hydrogen (secondary N) is 1. The third kappa shape index (κ3) is 2.80. The minimum atomic E-state index is -1.05. The summed E-state index contributed by atoms with van der Waals surface area (Å²) in [6.45, 7) is 2.02. The average molecular weight is 286 g/mol. The topological polar surface area (TPSA) is 78.4 Å². The lowest BCUT2D eigenvalue weighted by molar-refractivity contribution is 0.0690. The molecule has 0 atom stereocenters. The number of carboxylic acids is 1. The maximum atomic E-state index is 11.4. The SMILES string of the molecule is CN1CCC(Nc2c(C(=O)O)nnc3ccccc23)CC1. The molecule has 0 aliphatic carbocycles. The van der Waals surface area contributed by atoms with Gasteiger partial charge in [0.25, 0.3) is 0 Å². The Kier molecular flexibility index (Phi) is 3.70. The van der Waals surface area contributed by atoms with Crippen LogP contribution in [-0.2, 0) is 0 Å². The summed E-state index contributed by atoms with van der Waals surface area (Å²) in [4.78, 5) is 13.7. The van der Waals surface area contributed by atoms with Crippen molar-refractivity contribution in [1.29, 1.82) is 0 Å². The fourth-order valence-electron chi connectivity index (χ4n) is 2.71. The van der Waals surface area contributed by atoms with Crippen LogP contribution in [0.15, 0.2) is 24.3 Å². The van der Waals surface area contributed by atoms with E-state index in [1.807, 2.05) is 24.3 Å². The predicted molar refractivity (Wildman–Crippen MR) is 80.6 cm³/mol. The minimum Gasteiger partial charge on any atom is -0.476 e. The molecule has 0 spiro atoms. The first-order valence-corrected chi connectivity index (χ1v) is 7.09. The molecule has 21 heavy (non-hydrogen) atoms. The van der Waals surface area contributed by atoms with Crippen LogP contribution in [-0.4, -0.2) is 52.4 Å². The lowest BCUT2D eigenvalue weighted by Gasteiger charge is -2.30. The molecule has 6 nitrogen and oxygen atoms in total. The Morgan fingerprint density at radius 2 is 2.00 bits per heavy atom. The van der Waals surface area contributed by atoms with Gasteiger partial charge in [0.15, 0.2) is 5.69 Å². The van der Waals surface area contributed by atoms with Crippen LogP contribution >= 0.6 is 0 Å². The lowest BCUT2D eigenvalue weighted by atomic mass is 10.0. The maximum Gasteiger partial charge on any atom is 0.358 e. The minimum absolute atomic E-state index is 0.00683. The van der Waals surface area contributed by atoms with Crippen LogP contribution in [0.4, 0.5) is 5.69 Å². The van der Waals surface area contributed by atoms with Gasteiger partial charge in [-0.25, -0.2) is 4.79 Å². The number of nitrogens with zero attached hydrogens (tertiary/aromatic N) is 3. The fraction of sp³-hybridized carbons (Fsp3) is 0.400. The normalized spacial score (nSPS) is 17.0. The Bertz CT molecular complexity index is 666. The highest BCUT2D eigenvalue weighted by atomic mass is 16.4. The van der Waals surface area contributed by atoms with Crippen LogP contribution in [0.3, 0.4) is 0 Å². The van der Waals surface area contributed by atoms with Gasteiger partial charge >= 0.3 is 5.97 Å². The van der Waals surface area contributed by atoms with E-state index in [2.05, 4.69) is 27.5 Å². The quantitative estimate of drug-likeness (QED) is 0.896. The van der Waals surface area contributed by atoms with E-state index < -0.39 is 5.97 Å². The Labute approximate surface area is 122 Å². The third-order valence-electron chi connectivity index (χ3n) is 3.94. The zero-order chi connectivity index (χ0) is 14.8. The smallest absolute Gasteiger partial charge is 0.358 e. The molecule has 1 aromatic heterocycles. The number of piperidine rings is 1. The second-order valence-corrected chi connectivity index (χ2v) is 5.47. The van der Waals surface area contributed by atoms with E-state index in [0.717, 1.165) is 31.3 Å². The molecule has 1 aliphatic heterocycles. The number of rotatable bonds is 3. The number of likely N-dealkylation sites (tertiary alicyclic amines) is 1. The number of anilines is 1. The summed E-state index contributed by atoms with van der Waals surface area (Å²) >= 11 is 0. The van der Waals surface area contributed by atoms with Gasteiger partial charge in [-0.1, -0.05) is 18.2 Å². The van der Waals surface area contributed by atoms with Crippen molar-refractivity contribution in [3.05, 3.63) is 30.0 Å². The van der Waals surface area contributed by atoms with Crippen molar-refractivity contribution in [1.82, 2.24) is 15.1 Å². The number of aromatic nitrogens is 2. The largest absolute Gasteiger partial charge is 0.476 e. The van der Waals surface area contributed by atoms with Crippen LogP contribution < -0.4 is 5.32 Å². The van der Waals surface area contributed by atoms with Gasteiger partial charge in [-0.15, -0.1) is 10.2 Å². The highest BCUT2D eigenvalue weighted by Gasteiger charge is 2.22. The zero-order valence-corrected chi connectivity index (χ0v) is 11.9. The summed E-state index contributed by atoms with van der Waals surface area (Å²) in [5.74, 6) is -1.05. The van der Waals surface area contributed by atoms with Gasteiger partial charge in [0.05, 0.1) is 11.2 Å². The number of hydrogen-bond donors (Lipinski definition) is 2. The standard InChI is InChI=1S/C15H18N4O2/c1-19-8-6-10(7-9-19)16-13-11-4-2-3-5-12(11)17-18-14(13)15(20)21/h2-5,10H,6-9H2,1H3,(H,16,17)(H,20,21). The second kappa shape index (κ2) is 5.65. The van der Waals surface area contributed by atoms with Gasteiger partial charge in [0, 0.05) is 11.4 Å². The Balaban J connectivity index is 1.98. The van der Waals surface area contributed by atoms with Crippen molar-refractivity contribution in [2.45, 2.75) is 18.9 Å². The number of carboxylic acid groups (broad SMARTS) is 1. The molecule has 6 heteroatoms. The van der Waals surface area contributed by atoms with Crippen molar-refractivity contribution in [3.63, 3.8) is 0 Å². The monoisotopic (exact) mass is 286 g/mol. The summed E-state index contributed by atoms with van der Waals surface area (Å²) in [6, 6.07) is 7.75. The van der Waals surface area contributed by atoms with E-state index >= 15 is 0 Å². The molecule has 0 saturated carbocycles. The van der Waals surface area contributed by atoms with Gasteiger partial charge in [-0.05, 0) is 39.0 Å². The zero-order valence-electron chi connectivity index (χ0n) is 11.9. The summed E-state index contributed by atoms with van der Waals surface area (Å²) in [6.07, 6.45) is 1.98. The highest BCUT2D eigenvalue weighted by molar-refractivity contribution is 6.02. The average Bonchev–Trinajstić information content (AvgIpc) is 2.49. The number of aromatic carboxylic acids is 1. The summed E-state index contributed by atoms with van der Waals surface area (Å²) < 4.78 is 0. The van der Waals surface area contributed by atoms with Crippen LogP contribution in [0.5, 0.6) is 0 Å². The van der Waals surface area contributed by atoms with Crippen molar-refractivity contribution >= 4 is 22.6 Å². The molecule has 2 heterocycles. The Morgan fingerprint density at radius 3 is 2.71 bits per heavy atom. The van der Waals surface area contributed by atoms with Gasteiger partial charge in [-0.2, -0.15) is 0 Å². The molecule has 110 valence electrons. The molecule has 0 radical (unpaired) electrons. The summed E-state index contributed by atoms with van der Waals surface area (Å²) in [5.41, 5.74) is 1.29. The summed E-state index contributed by atoms with van der Waals surface area (Å²) in [7, 11) is 2.10. The number of carbonyl (C=O) groups is 1. The molecule has 0 bridgehead atoms. The van der Waals surface area contributed by atoms with E-state index in [4.69, 9.17) is 0 Å². The molecule has 1 fully saturated rings. The van der Waals surface area contributed by atoms with Gasteiger partial charge in [0.2, 0.25) is 0 Å². The van der Waals surface area contributed by atoms with Crippen LogP contribution in [0.1, 0.15) is 23.3 Å². The molecule has 2 aromatic rings. The van der Waals surface area contributed by atoms with Crippen molar-refractivity contribution in [2.75, 3.05) is 25.5 Å². The molecular weight excluding hydrogens is 268 g/mol. The van der Waals surface area contributed by atoms with Gasteiger partial charge in [0.1, 0.15) is 0 Å². The van der Waals surface area contributed by atoms with E-state index in [-0.39, 0.29) is 11.7 Å². The van der Waals surface area contributed by atoms with Crippen molar-refractivity contribution in [2.24, 2.45) is 0 Å². The number of benzene rings is 1. The third-order valence-corrected chi connectivity index (χ3v) is 3.94. The molecule has 1 aliphatic rings. The van der Waals surface area contributed by atoms with Crippen LogP contribution in [0.25, 0.3) is 10.9 Å². The first-order valence-electron chi connectivity index (χ1n) is 7.09. The van der Waals surface area contributed by atoms with E-state index in [1.165, 1.54) is 0 Å². The molecular formula is C15H18N4O2. The Morgan fingerprint density at radius 1 is 1.29 bits per heavy atom. The Hall–Kier alpha value is -2.21. The molecule has 0 amide bonds. The number of hydrogen-bond acceptors (Lipinski definition) is 5. The summed E-state index contributed by atoms with van der Waals surface area (Å²) in [5, 5.41) is 21.4. The second-order valence-electron chi connectivity index (χ2n) is 5.47. The van der Waals surface area contributed by atoms with Gasteiger partial charge in [-0.3, -0.25) is 0 Å². The number of fused-ring (bicyclic) bond motifs is 1. The maximum absolute atomic E-state index is 11.4. The molecule has 0 unspecified atom stereocenters. The van der Waals surface area contributed by atoms with Crippen LogP contribution in [0.2, 0.25) is 0 Å². The molecule has 1 saturated heterocycles. The van der Waals surface area contributed by atoms with Crippen molar-refractivity contribution < 1.29 is 9.90 Å². The first kappa shape index (κ1) is 13.8. The lowest BCUT2D eigenvalue weighted by Crippen LogP contribution is -2.37. The van der Waals surface area contributed by atoms with Crippen molar-refractivity contribution in [3.8, 4) is 0 Å². The highest BCUT2D eigenvalue weighted by Crippen LogP contribution is 2.26. The van der Waals surface area contributed by atoms with Gasteiger partial charge < -0.3 is 15.3 Å². The van der Waals surface area contributed by atoms with E-state index in [9.17, 15) is 9.90 Å². The van der Waals surface area contributed by atoms with E-state index in [0.29, 0.717) is 11.2 Å². The van der Waals surface area contributed by atoms with E-state index in [1.54, 1.807) is 0 Å². The fourth-order valence-corrected chi connectivity index (χ4v) is 2.71. The molecule has 2 N–H and O–H groups in total. The predicted octanol–water partition coefficient (Wildman–Crippen LogP) is 1.83.